The minimum absolute atomic E-state index is 0.0566. The van der Waals surface area contributed by atoms with Gasteiger partial charge in [0.15, 0.2) is 0 Å². The van der Waals surface area contributed by atoms with E-state index in [1.54, 1.807) is 18.2 Å². The van der Waals surface area contributed by atoms with E-state index in [0.717, 1.165) is 22.1 Å². The molecule has 0 bridgehead atoms. The predicted molar refractivity (Wildman–Crippen MR) is 86.4 cm³/mol. The Morgan fingerprint density at radius 2 is 2.13 bits per heavy atom. The number of rotatable bonds is 4. The minimum atomic E-state index is -0.430. The smallest absolute Gasteiger partial charge is 0.338 e. The van der Waals surface area contributed by atoms with E-state index >= 15 is 0 Å². The van der Waals surface area contributed by atoms with Crippen molar-refractivity contribution in [3.05, 3.63) is 53.2 Å². The van der Waals surface area contributed by atoms with Crippen molar-refractivity contribution >= 4 is 40.1 Å². The molecule has 0 N–H and O–H groups in total. The highest BCUT2D eigenvalue weighted by atomic mass is 32.1. The summed E-state index contributed by atoms with van der Waals surface area (Å²) in [6.45, 7) is 0.0566. The average molecular weight is 343 g/mol. The highest BCUT2D eigenvalue weighted by Crippen LogP contribution is 2.24. The Kier molecular flexibility index (Phi) is 3.60. The molecule has 0 fully saturated rings. The lowest BCUT2D eigenvalue weighted by Gasteiger charge is -2.02. The molecular formula is C15H9N3O3S2. The summed E-state index contributed by atoms with van der Waals surface area (Å²) in [5.74, 6) is 0.0987. The molecule has 0 saturated heterocycles. The lowest BCUT2D eigenvalue weighted by Crippen LogP contribution is -2.05. The number of hydrogen-bond donors (Lipinski definition) is 0. The van der Waals surface area contributed by atoms with Crippen LogP contribution in [-0.4, -0.2) is 19.7 Å². The maximum atomic E-state index is 12.1. The zero-order valence-electron chi connectivity index (χ0n) is 11.6. The molecule has 0 aliphatic carbocycles. The largest absolute Gasteiger partial charge is 0.455 e. The SMILES string of the molecule is O=C(OCc1coc(-c2cccs2)n1)c1ccc2nsnc2c1. The van der Waals surface area contributed by atoms with Gasteiger partial charge in [0.2, 0.25) is 5.89 Å². The number of fused-ring (bicyclic) bond motifs is 1. The molecule has 23 heavy (non-hydrogen) atoms. The number of thiophene rings is 1. The molecule has 8 heteroatoms. The molecule has 114 valence electrons. The second kappa shape index (κ2) is 5.90. The molecule has 0 atom stereocenters. The molecule has 0 spiro atoms. The molecule has 0 saturated carbocycles. The number of carbonyl (C=O) groups excluding carboxylic acids is 1. The fourth-order valence-corrected chi connectivity index (χ4v) is 3.19. The first-order valence-corrected chi connectivity index (χ1v) is 8.28. The fourth-order valence-electron chi connectivity index (χ4n) is 2.02. The Balaban J connectivity index is 1.45. The zero-order valence-corrected chi connectivity index (χ0v) is 13.3. The van der Waals surface area contributed by atoms with Gasteiger partial charge in [-0.15, -0.1) is 11.3 Å². The Bertz CT molecular complexity index is 959. The highest BCUT2D eigenvalue weighted by molar-refractivity contribution is 7.13. The quantitative estimate of drug-likeness (QED) is 0.525. The molecular weight excluding hydrogens is 334 g/mol. The maximum Gasteiger partial charge on any atom is 0.338 e. The topological polar surface area (TPSA) is 78.1 Å². The molecule has 1 aromatic carbocycles. The first-order valence-electron chi connectivity index (χ1n) is 6.67. The third-order valence-corrected chi connectivity index (χ3v) is 4.54. The number of benzene rings is 1. The fraction of sp³-hybridized carbons (Fsp3) is 0.0667. The van der Waals surface area contributed by atoms with Gasteiger partial charge in [-0.05, 0) is 29.6 Å². The summed E-state index contributed by atoms with van der Waals surface area (Å²) < 4.78 is 18.9. The number of nitrogens with zero attached hydrogens (tertiary/aromatic N) is 3. The van der Waals surface area contributed by atoms with Gasteiger partial charge < -0.3 is 9.15 Å². The first kappa shape index (κ1) is 14.0. The van der Waals surface area contributed by atoms with Crippen molar-refractivity contribution in [2.45, 2.75) is 6.61 Å². The molecule has 4 aromatic rings. The number of carbonyl (C=O) groups is 1. The van der Waals surface area contributed by atoms with Gasteiger partial charge in [-0.3, -0.25) is 0 Å². The number of ether oxygens (including phenoxy) is 1. The average Bonchev–Trinajstić information content (AvgIpc) is 3.32. The van der Waals surface area contributed by atoms with Gasteiger partial charge in [-0.25, -0.2) is 9.78 Å². The van der Waals surface area contributed by atoms with Crippen molar-refractivity contribution in [3.63, 3.8) is 0 Å². The van der Waals surface area contributed by atoms with Crippen LogP contribution in [0.15, 0.2) is 46.4 Å². The standard InChI is InChI=1S/C15H9N3O3S2/c19-15(9-3-4-11-12(6-9)18-23-17-11)21-8-10-7-20-14(16-10)13-2-1-5-22-13/h1-7H,8H2. The lowest BCUT2D eigenvalue weighted by molar-refractivity contribution is 0.0468. The molecule has 6 nitrogen and oxygen atoms in total. The van der Waals surface area contributed by atoms with Crippen molar-refractivity contribution in [1.29, 1.82) is 0 Å². The monoisotopic (exact) mass is 343 g/mol. The van der Waals surface area contributed by atoms with Gasteiger partial charge in [0.1, 0.15) is 29.6 Å². The van der Waals surface area contributed by atoms with Crippen LogP contribution in [-0.2, 0) is 11.3 Å². The Morgan fingerprint density at radius 3 is 3.00 bits per heavy atom. The van der Waals surface area contributed by atoms with Crippen LogP contribution in [0.5, 0.6) is 0 Å². The summed E-state index contributed by atoms with van der Waals surface area (Å²) in [6.07, 6.45) is 1.50. The summed E-state index contributed by atoms with van der Waals surface area (Å²) in [5.41, 5.74) is 2.46. The summed E-state index contributed by atoms with van der Waals surface area (Å²) in [6, 6.07) is 8.93. The van der Waals surface area contributed by atoms with Crippen molar-refractivity contribution in [2.24, 2.45) is 0 Å². The third kappa shape index (κ3) is 2.86. The molecule has 3 aromatic heterocycles. The van der Waals surface area contributed by atoms with E-state index in [0.29, 0.717) is 22.7 Å². The molecule has 0 unspecified atom stereocenters. The van der Waals surface area contributed by atoms with E-state index in [2.05, 4.69) is 13.7 Å². The summed E-state index contributed by atoms with van der Waals surface area (Å²) in [4.78, 5) is 17.3. The number of hydrogen-bond acceptors (Lipinski definition) is 8. The number of aromatic nitrogens is 3. The summed E-state index contributed by atoms with van der Waals surface area (Å²) in [7, 11) is 0. The Morgan fingerprint density at radius 1 is 1.22 bits per heavy atom. The van der Waals surface area contributed by atoms with Crippen LogP contribution >= 0.6 is 23.1 Å². The van der Waals surface area contributed by atoms with Gasteiger partial charge in [-0.1, -0.05) is 6.07 Å². The molecule has 0 aliphatic rings. The third-order valence-electron chi connectivity index (χ3n) is 3.12. The highest BCUT2D eigenvalue weighted by Gasteiger charge is 2.12. The van der Waals surface area contributed by atoms with Crippen LogP contribution < -0.4 is 0 Å². The second-order valence-electron chi connectivity index (χ2n) is 4.67. The van der Waals surface area contributed by atoms with Gasteiger partial charge in [0, 0.05) is 0 Å². The molecule has 0 aliphatic heterocycles. The molecule has 3 heterocycles. The van der Waals surface area contributed by atoms with Crippen molar-refractivity contribution in [2.75, 3.05) is 0 Å². The normalized spacial score (nSPS) is 11.0. The van der Waals surface area contributed by atoms with Crippen molar-refractivity contribution in [1.82, 2.24) is 13.7 Å². The number of oxazole rings is 1. The van der Waals surface area contributed by atoms with Crippen LogP contribution in [0.3, 0.4) is 0 Å². The second-order valence-corrected chi connectivity index (χ2v) is 6.14. The van der Waals surface area contributed by atoms with Crippen molar-refractivity contribution < 1.29 is 13.9 Å². The summed E-state index contributed by atoms with van der Waals surface area (Å²) in [5, 5.41) is 1.95. The van der Waals surface area contributed by atoms with E-state index in [-0.39, 0.29) is 6.61 Å². The van der Waals surface area contributed by atoms with Crippen LogP contribution in [0.1, 0.15) is 16.1 Å². The van der Waals surface area contributed by atoms with Crippen LogP contribution in [0.25, 0.3) is 21.8 Å². The van der Waals surface area contributed by atoms with E-state index in [1.807, 2.05) is 17.5 Å². The molecule has 0 radical (unpaired) electrons. The van der Waals surface area contributed by atoms with Crippen LogP contribution in [0.4, 0.5) is 0 Å². The first-order chi connectivity index (χ1) is 11.3. The Hall–Kier alpha value is -2.58. The molecule has 0 amide bonds. The van der Waals surface area contributed by atoms with Gasteiger partial charge >= 0.3 is 5.97 Å². The Labute approximate surface area is 138 Å². The van der Waals surface area contributed by atoms with Crippen LogP contribution in [0, 0.1) is 0 Å². The maximum absolute atomic E-state index is 12.1. The van der Waals surface area contributed by atoms with Crippen molar-refractivity contribution in [3.8, 4) is 10.8 Å². The lowest BCUT2D eigenvalue weighted by atomic mass is 10.2. The molecule has 4 rings (SSSR count). The minimum Gasteiger partial charge on any atom is -0.455 e. The van der Waals surface area contributed by atoms with Gasteiger partial charge in [-0.2, -0.15) is 8.75 Å². The van der Waals surface area contributed by atoms with Crippen LogP contribution in [0.2, 0.25) is 0 Å². The van der Waals surface area contributed by atoms with E-state index < -0.39 is 5.97 Å². The summed E-state index contributed by atoms with van der Waals surface area (Å²) >= 11 is 2.65. The van der Waals surface area contributed by atoms with Gasteiger partial charge in [0.05, 0.1) is 22.2 Å². The van der Waals surface area contributed by atoms with E-state index in [4.69, 9.17) is 9.15 Å². The van der Waals surface area contributed by atoms with E-state index in [9.17, 15) is 4.79 Å². The van der Waals surface area contributed by atoms with E-state index in [1.165, 1.54) is 17.6 Å². The predicted octanol–water partition coefficient (Wildman–Crippen LogP) is 3.76. The zero-order chi connectivity index (χ0) is 15.6. The number of esters is 1. The van der Waals surface area contributed by atoms with Gasteiger partial charge in [0.25, 0.3) is 0 Å².